The average Bonchev–Trinajstić information content (AvgIpc) is 3.30. The fourth-order valence-corrected chi connectivity index (χ4v) is 6.03. The molecule has 0 fully saturated rings. The van der Waals surface area contributed by atoms with Gasteiger partial charge in [-0.3, -0.25) is 9.20 Å². The topological polar surface area (TPSA) is 110 Å². The second-order valence-electron chi connectivity index (χ2n) is 9.57. The number of hydrogen-bond acceptors (Lipinski definition) is 6. The van der Waals surface area contributed by atoms with Crippen LogP contribution in [-0.4, -0.2) is 51.8 Å². The van der Waals surface area contributed by atoms with Crippen LogP contribution in [0.2, 0.25) is 0 Å². The highest BCUT2D eigenvalue weighted by atomic mass is 32.2. The number of carbonyl (C=O) groups is 1. The largest absolute Gasteiger partial charge is 0.481 e. The zero-order valence-corrected chi connectivity index (χ0v) is 22.4. The maximum absolute atomic E-state index is 13.5. The number of rotatable bonds is 7. The molecule has 3 aromatic heterocycles. The van der Waals surface area contributed by atoms with E-state index >= 15 is 0 Å². The maximum Gasteiger partial charge on any atom is 0.452 e. The molecule has 1 aliphatic rings. The number of hydrogen-bond donors (Lipinski definition) is 1. The fraction of sp³-hybridized carbons (Fsp3) is 0.333. The summed E-state index contributed by atoms with van der Waals surface area (Å²) in [5.41, 5.74) is 2.87. The number of pyridine rings is 2. The molecule has 40 heavy (non-hydrogen) atoms. The van der Waals surface area contributed by atoms with Crippen molar-refractivity contribution in [2.75, 3.05) is 6.54 Å². The molecule has 1 N–H and O–H groups in total. The van der Waals surface area contributed by atoms with Crippen molar-refractivity contribution in [3.63, 3.8) is 0 Å². The van der Waals surface area contributed by atoms with E-state index < -0.39 is 34.9 Å². The molecule has 0 aliphatic carbocycles. The molecule has 9 nitrogen and oxygen atoms in total. The molecule has 210 valence electrons. The molecule has 4 aromatic rings. The van der Waals surface area contributed by atoms with E-state index in [-0.39, 0.29) is 18.2 Å². The van der Waals surface area contributed by atoms with Gasteiger partial charge in [-0.15, -0.1) is 10.2 Å². The SMILES string of the molecule is CCC1CN(Cc2cc([C@H](CC(=O)O)c3ccn4c(C(F)(F)F)nnc4c3)ccc2C)S(=O)c2cccnc2O1. The van der Waals surface area contributed by atoms with Gasteiger partial charge in [0, 0.05) is 31.4 Å². The van der Waals surface area contributed by atoms with Crippen LogP contribution in [-0.2, 0) is 28.5 Å². The van der Waals surface area contributed by atoms with Crippen LogP contribution in [0, 0.1) is 6.92 Å². The highest BCUT2D eigenvalue weighted by Gasteiger charge is 2.37. The number of fused-ring (bicyclic) bond motifs is 2. The lowest BCUT2D eigenvalue weighted by molar-refractivity contribution is -0.145. The number of aliphatic carboxylic acids is 1. The summed E-state index contributed by atoms with van der Waals surface area (Å²) in [6, 6.07) is 11.8. The normalized spacial score (nSPS) is 18.6. The van der Waals surface area contributed by atoms with Crippen LogP contribution >= 0.6 is 0 Å². The Hall–Kier alpha value is -3.84. The van der Waals surface area contributed by atoms with Gasteiger partial charge in [-0.2, -0.15) is 13.2 Å². The number of ether oxygens (including phenoxy) is 1. The molecule has 4 heterocycles. The van der Waals surface area contributed by atoms with Crippen LogP contribution in [0.25, 0.3) is 5.65 Å². The van der Waals surface area contributed by atoms with Gasteiger partial charge < -0.3 is 9.84 Å². The van der Waals surface area contributed by atoms with Crippen molar-refractivity contribution in [2.24, 2.45) is 0 Å². The Labute approximate surface area is 230 Å². The number of halogens is 3. The summed E-state index contributed by atoms with van der Waals surface area (Å²) < 4.78 is 62.0. The first kappa shape index (κ1) is 27.7. The van der Waals surface area contributed by atoms with E-state index in [1.165, 1.54) is 18.3 Å². The standard InChI is InChI=1S/C27H26F3N5O4S/c1-3-20-15-34(40(38)22-5-4-9-31-25(22)39-20)14-19-11-17(7-6-16(19)2)21(13-24(36)37)18-8-10-35-23(12-18)32-33-26(35)27(28,29)30/h4-12,20-21H,3,13-15H2,1-2H3,(H,36,37)/t20?,21-,40?/m0/s1. The van der Waals surface area contributed by atoms with Gasteiger partial charge in [0.25, 0.3) is 0 Å². The summed E-state index contributed by atoms with van der Waals surface area (Å²) in [4.78, 5) is 16.6. The highest BCUT2D eigenvalue weighted by molar-refractivity contribution is 7.82. The second kappa shape index (κ2) is 11.0. The predicted molar refractivity (Wildman–Crippen MR) is 139 cm³/mol. The molecule has 0 spiro atoms. The van der Waals surface area contributed by atoms with E-state index in [0.29, 0.717) is 41.4 Å². The van der Waals surface area contributed by atoms with Gasteiger partial charge in [-0.25, -0.2) is 13.5 Å². The van der Waals surface area contributed by atoms with Gasteiger partial charge in [0.15, 0.2) is 5.65 Å². The molecule has 0 saturated heterocycles. The Morgan fingerprint density at radius 3 is 2.70 bits per heavy atom. The highest BCUT2D eigenvalue weighted by Crippen LogP contribution is 2.34. The predicted octanol–water partition coefficient (Wildman–Crippen LogP) is 4.75. The lowest BCUT2D eigenvalue weighted by Gasteiger charge is -2.24. The van der Waals surface area contributed by atoms with Crippen molar-refractivity contribution in [1.29, 1.82) is 0 Å². The van der Waals surface area contributed by atoms with Gasteiger partial charge in [0.05, 0.1) is 6.42 Å². The molecule has 1 aromatic carbocycles. The number of benzene rings is 1. The minimum Gasteiger partial charge on any atom is -0.481 e. The van der Waals surface area contributed by atoms with Crippen LogP contribution in [0.4, 0.5) is 13.2 Å². The van der Waals surface area contributed by atoms with E-state index in [1.807, 2.05) is 26.0 Å². The number of aryl methyl sites for hydroxylation is 1. The third-order valence-corrected chi connectivity index (χ3v) is 8.32. The van der Waals surface area contributed by atoms with E-state index in [4.69, 9.17) is 4.74 Å². The van der Waals surface area contributed by atoms with Crippen molar-refractivity contribution < 1.29 is 32.0 Å². The van der Waals surface area contributed by atoms with Gasteiger partial charge in [0.1, 0.15) is 22.0 Å². The van der Waals surface area contributed by atoms with E-state index in [9.17, 15) is 27.3 Å². The number of carboxylic acid groups (broad SMARTS) is 1. The number of aromatic nitrogens is 4. The summed E-state index contributed by atoms with van der Waals surface area (Å²) in [5, 5.41) is 16.6. The first-order valence-corrected chi connectivity index (χ1v) is 13.7. The first-order chi connectivity index (χ1) is 19.0. The molecule has 0 radical (unpaired) electrons. The van der Waals surface area contributed by atoms with Gasteiger partial charge in [-0.05, 0) is 59.9 Å². The lowest BCUT2D eigenvalue weighted by atomic mass is 9.87. The Morgan fingerprint density at radius 2 is 1.98 bits per heavy atom. The van der Waals surface area contributed by atoms with Crippen molar-refractivity contribution in [3.8, 4) is 5.88 Å². The smallest absolute Gasteiger partial charge is 0.452 e. The number of nitrogens with zero attached hydrogens (tertiary/aromatic N) is 5. The Morgan fingerprint density at radius 1 is 1.20 bits per heavy atom. The van der Waals surface area contributed by atoms with Crippen LogP contribution < -0.4 is 4.74 Å². The number of carboxylic acids is 1. The van der Waals surface area contributed by atoms with E-state index in [0.717, 1.165) is 15.5 Å². The molecule has 0 amide bonds. The monoisotopic (exact) mass is 573 g/mol. The minimum absolute atomic E-state index is 0.0367. The van der Waals surface area contributed by atoms with Crippen LogP contribution in [0.3, 0.4) is 0 Å². The van der Waals surface area contributed by atoms with E-state index in [1.54, 1.807) is 28.7 Å². The van der Waals surface area contributed by atoms with Crippen LogP contribution in [0.5, 0.6) is 5.88 Å². The molecular formula is C27H26F3N5O4S. The zero-order chi connectivity index (χ0) is 28.6. The summed E-state index contributed by atoms with van der Waals surface area (Å²) >= 11 is 0. The molecule has 3 atom stereocenters. The van der Waals surface area contributed by atoms with E-state index in [2.05, 4.69) is 15.2 Å². The van der Waals surface area contributed by atoms with Crippen LogP contribution in [0.15, 0.2) is 59.8 Å². The fourth-order valence-electron chi connectivity index (χ4n) is 4.75. The molecule has 1 aliphatic heterocycles. The average molecular weight is 574 g/mol. The minimum atomic E-state index is -4.68. The van der Waals surface area contributed by atoms with Gasteiger partial charge >= 0.3 is 12.1 Å². The summed E-state index contributed by atoms with van der Waals surface area (Å²) in [6.45, 7) is 4.59. The Balaban J connectivity index is 1.50. The van der Waals surface area contributed by atoms with Gasteiger partial charge in [0.2, 0.25) is 11.7 Å². The summed E-state index contributed by atoms with van der Waals surface area (Å²) in [7, 11) is -1.54. The van der Waals surface area contributed by atoms with Crippen molar-refractivity contribution in [2.45, 2.75) is 56.3 Å². The molecular weight excluding hydrogens is 547 g/mol. The molecule has 5 rings (SSSR count). The zero-order valence-electron chi connectivity index (χ0n) is 21.6. The second-order valence-corrected chi connectivity index (χ2v) is 11.0. The quantitative estimate of drug-likeness (QED) is 0.340. The lowest BCUT2D eigenvalue weighted by Crippen LogP contribution is -2.33. The Bertz CT molecular complexity index is 1590. The number of alkyl halides is 3. The molecule has 13 heteroatoms. The van der Waals surface area contributed by atoms with Crippen molar-refractivity contribution in [1.82, 2.24) is 23.9 Å². The molecule has 0 bridgehead atoms. The third kappa shape index (κ3) is 5.56. The Kier molecular flexibility index (Phi) is 7.60. The summed E-state index contributed by atoms with van der Waals surface area (Å²) in [6.07, 6.45) is -1.72. The van der Waals surface area contributed by atoms with Crippen molar-refractivity contribution >= 4 is 22.6 Å². The van der Waals surface area contributed by atoms with Crippen LogP contribution in [0.1, 0.15) is 53.8 Å². The first-order valence-electron chi connectivity index (χ1n) is 12.6. The maximum atomic E-state index is 13.5. The molecule has 2 unspecified atom stereocenters. The molecule has 0 saturated carbocycles. The van der Waals surface area contributed by atoms with Crippen molar-refractivity contribution in [3.05, 3.63) is 82.9 Å². The van der Waals surface area contributed by atoms with Gasteiger partial charge in [-0.1, -0.05) is 25.1 Å². The third-order valence-electron chi connectivity index (χ3n) is 6.89. The summed E-state index contributed by atoms with van der Waals surface area (Å²) in [5.74, 6) is -2.54.